The number of hydrogen-bond acceptors (Lipinski definition) is 2. The summed E-state index contributed by atoms with van der Waals surface area (Å²) >= 11 is 1.57. The molecule has 0 aliphatic carbocycles. The highest BCUT2D eigenvalue weighted by atomic mass is 32.2. The van der Waals surface area contributed by atoms with Crippen LogP contribution in [0.2, 0.25) is 0 Å². The molecule has 20 heavy (non-hydrogen) atoms. The van der Waals surface area contributed by atoms with Gasteiger partial charge in [-0.3, -0.25) is 4.79 Å². The molecule has 0 spiro atoms. The van der Waals surface area contributed by atoms with E-state index < -0.39 is 0 Å². The van der Waals surface area contributed by atoms with E-state index in [2.05, 4.69) is 0 Å². The summed E-state index contributed by atoms with van der Waals surface area (Å²) in [6.45, 7) is 3.78. The lowest BCUT2D eigenvalue weighted by Gasteiger charge is -2.06. The summed E-state index contributed by atoms with van der Waals surface area (Å²) in [5.41, 5.74) is 1.43. The van der Waals surface area contributed by atoms with Crippen LogP contribution in [-0.2, 0) is 5.75 Å². The first kappa shape index (κ1) is 14.8. The van der Waals surface area contributed by atoms with Crippen molar-refractivity contribution in [3.8, 4) is 0 Å². The highest BCUT2D eigenvalue weighted by Gasteiger charge is 2.10. The highest BCUT2D eigenvalue weighted by molar-refractivity contribution is 7.98. The minimum Gasteiger partial charge on any atom is -0.294 e. The minimum absolute atomic E-state index is 0.00641. The number of Topliss-reactive ketones (excluding diaryl/α,β-unsaturated/α-hetero) is 1. The van der Waals surface area contributed by atoms with Crippen molar-refractivity contribution >= 4 is 17.5 Å². The van der Waals surface area contributed by atoms with E-state index in [9.17, 15) is 9.18 Å². The van der Waals surface area contributed by atoms with Crippen molar-refractivity contribution in [1.29, 1.82) is 0 Å². The van der Waals surface area contributed by atoms with Gasteiger partial charge in [-0.2, -0.15) is 0 Å². The number of carbonyl (C=O) groups excluding carboxylic acids is 1. The lowest BCUT2D eigenvalue weighted by atomic mass is 10.0. The Morgan fingerprint density at radius 3 is 2.35 bits per heavy atom. The van der Waals surface area contributed by atoms with Gasteiger partial charge in [-0.1, -0.05) is 44.2 Å². The van der Waals surface area contributed by atoms with Crippen molar-refractivity contribution in [3.63, 3.8) is 0 Å². The normalized spacial score (nSPS) is 10.8. The molecule has 0 saturated carbocycles. The molecule has 0 atom stereocenters. The van der Waals surface area contributed by atoms with E-state index in [-0.39, 0.29) is 17.5 Å². The molecular formula is C17H17FOS. The Morgan fingerprint density at radius 2 is 1.75 bits per heavy atom. The molecule has 0 unspecified atom stereocenters. The Morgan fingerprint density at radius 1 is 1.10 bits per heavy atom. The van der Waals surface area contributed by atoms with Crippen LogP contribution in [-0.4, -0.2) is 5.78 Å². The zero-order valence-corrected chi connectivity index (χ0v) is 12.4. The van der Waals surface area contributed by atoms with Crippen molar-refractivity contribution in [2.45, 2.75) is 24.5 Å². The highest BCUT2D eigenvalue weighted by Crippen LogP contribution is 2.24. The summed E-state index contributed by atoms with van der Waals surface area (Å²) in [5.74, 6) is 0.568. The monoisotopic (exact) mass is 288 g/mol. The summed E-state index contributed by atoms with van der Waals surface area (Å²) in [5, 5.41) is 0. The number of hydrogen-bond donors (Lipinski definition) is 0. The Balaban J connectivity index is 2.01. The van der Waals surface area contributed by atoms with Crippen molar-refractivity contribution < 1.29 is 9.18 Å². The molecule has 0 aromatic heterocycles. The van der Waals surface area contributed by atoms with Crippen LogP contribution in [0.15, 0.2) is 53.4 Å². The lowest BCUT2D eigenvalue weighted by molar-refractivity contribution is 0.0939. The van der Waals surface area contributed by atoms with E-state index in [4.69, 9.17) is 0 Å². The molecular weight excluding hydrogens is 271 g/mol. The van der Waals surface area contributed by atoms with Crippen LogP contribution >= 0.6 is 11.8 Å². The Kier molecular flexibility index (Phi) is 4.96. The molecule has 0 amide bonds. The fraction of sp³-hybridized carbons (Fsp3) is 0.235. The third kappa shape index (κ3) is 3.70. The maximum Gasteiger partial charge on any atom is 0.165 e. The van der Waals surface area contributed by atoms with Crippen LogP contribution in [0.25, 0.3) is 0 Å². The predicted octanol–water partition coefficient (Wildman–Crippen LogP) is 4.96. The van der Waals surface area contributed by atoms with E-state index in [1.165, 1.54) is 6.07 Å². The van der Waals surface area contributed by atoms with Crippen LogP contribution in [0.5, 0.6) is 0 Å². The van der Waals surface area contributed by atoms with E-state index in [1.807, 2.05) is 44.2 Å². The molecule has 0 aliphatic rings. The van der Waals surface area contributed by atoms with Gasteiger partial charge in [0.05, 0.1) is 0 Å². The third-order valence-electron chi connectivity index (χ3n) is 3.02. The average molecular weight is 288 g/mol. The molecule has 0 N–H and O–H groups in total. The second-order valence-electron chi connectivity index (χ2n) is 4.92. The van der Waals surface area contributed by atoms with Gasteiger partial charge in [-0.25, -0.2) is 4.39 Å². The minimum atomic E-state index is -0.174. The SMILES string of the molecule is CC(C)C(=O)c1ccc(SCc2ccccc2F)cc1. The van der Waals surface area contributed by atoms with Gasteiger partial charge in [0.25, 0.3) is 0 Å². The van der Waals surface area contributed by atoms with Crippen LogP contribution < -0.4 is 0 Å². The van der Waals surface area contributed by atoms with Crippen LogP contribution in [0, 0.1) is 11.7 Å². The molecule has 0 fully saturated rings. The van der Waals surface area contributed by atoms with Crippen molar-refractivity contribution in [2.24, 2.45) is 5.92 Å². The van der Waals surface area contributed by atoms with Gasteiger partial charge in [0.2, 0.25) is 0 Å². The predicted molar refractivity (Wildman–Crippen MR) is 81.6 cm³/mol. The van der Waals surface area contributed by atoms with Gasteiger partial charge in [-0.05, 0) is 23.8 Å². The molecule has 2 rings (SSSR count). The molecule has 104 valence electrons. The van der Waals surface area contributed by atoms with E-state index >= 15 is 0 Å². The molecule has 3 heteroatoms. The van der Waals surface area contributed by atoms with Crippen molar-refractivity contribution in [2.75, 3.05) is 0 Å². The maximum absolute atomic E-state index is 13.5. The summed E-state index contributed by atoms with van der Waals surface area (Å²) in [6.07, 6.45) is 0. The van der Waals surface area contributed by atoms with E-state index in [0.29, 0.717) is 11.3 Å². The number of benzene rings is 2. The summed E-state index contributed by atoms with van der Waals surface area (Å²) in [4.78, 5) is 12.9. The van der Waals surface area contributed by atoms with Crippen molar-refractivity contribution in [3.05, 3.63) is 65.5 Å². The first-order valence-corrected chi connectivity index (χ1v) is 7.57. The average Bonchev–Trinajstić information content (AvgIpc) is 2.46. The Labute approximate surface area is 123 Å². The molecule has 2 aromatic rings. The van der Waals surface area contributed by atoms with E-state index in [0.717, 1.165) is 10.5 Å². The van der Waals surface area contributed by atoms with Crippen LogP contribution in [0.4, 0.5) is 4.39 Å². The van der Waals surface area contributed by atoms with Gasteiger partial charge < -0.3 is 0 Å². The molecule has 1 nitrogen and oxygen atoms in total. The summed E-state index contributed by atoms with van der Waals surface area (Å²) < 4.78 is 13.5. The largest absolute Gasteiger partial charge is 0.294 e. The zero-order chi connectivity index (χ0) is 14.5. The molecule has 0 saturated heterocycles. The molecule has 2 aromatic carbocycles. The van der Waals surface area contributed by atoms with Crippen LogP contribution in [0.3, 0.4) is 0 Å². The zero-order valence-electron chi connectivity index (χ0n) is 11.6. The molecule has 0 aliphatic heterocycles. The molecule has 0 bridgehead atoms. The Hall–Kier alpha value is -1.61. The fourth-order valence-electron chi connectivity index (χ4n) is 1.83. The quantitative estimate of drug-likeness (QED) is 0.571. The number of halogens is 1. The number of rotatable bonds is 5. The summed E-state index contributed by atoms with van der Waals surface area (Å²) in [6, 6.07) is 14.3. The topological polar surface area (TPSA) is 17.1 Å². The smallest absolute Gasteiger partial charge is 0.165 e. The molecule has 0 heterocycles. The van der Waals surface area contributed by atoms with Gasteiger partial charge in [0, 0.05) is 22.1 Å². The lowest BCUT2D eigenvalue weighted by Crippen LogP contribution is -2.06. The fourth-order valence-corrected chi connectivity index (χ4v) is 2.71. The first-order valence-electron chi connectivity index (χ1n) is 6.58. The first-order chi connectivity index (χ1) is 9.58. The van der Waals surface area contributed by atoms with Gasteiger partial charge in [0.1, 0.15) is 5.82 Å². The van der Waals surface area contributed by atoms with Gasteiger partial charge in [0.15, 0.2) is 5.78 Å². The maximum atomic E-state index is 13.5. The second-order valence-corrected chi connectivity index (χ2v) is 5.97. The summed E-state index contributed by atoms with van der Waals surface area (Å²) in [7, 11) is 0. The number of thioether (sulfide) groups is 1. The van der Waals surface area contributed by atoms with Crippen LogP contribution in [0.1, 0.15) is 29.8 Å². The Bertz CT molecular complexity index is 590. The standard InChI is InChI=1S/C17H17FOS/c1-12(2)17(19)13-7-9-15(10-8-13)20-11-14-5-3-4-6-16(14)18/h3-10,12H,11H2,1-2H3. The second kappa shape index (κ2) is 6.71. The number of carbonyl (C=O) groups is 1. The third-order valence-corrected chi connectivity index (χ3v) is 4.08. The van der Waals surface area contributed by atoms with Gasteiger partial charge in [-0.15, -0.1) is 11.8 Å². The number of ketones is 1. The van der Waals surface area contributed by atoms with Gasteiger partial charge >= 0.3 is 0 Å². The molecule has 0 radical (unpaired) electrons. The van der Waals surface area contributed by atoms with E-state index in [1.54, 1.807) is 23.9 Å². The van der Waals surface area contributed by atoms with Crippen molar-refractivity contribution in [1.82, 2.24) is 0 Å².